The van der Waals surface area contributed by atoms with Gasteiger partial charge in [-0.25, -0.2) is 4.79 Å². The van der Waals surface area contributed by atoms with Gasteiger partial charge < -0.3 is 14.8 Å². The molecule has 3 aromatic rings. The average molecular weight is 435 g/mol. The second-order valence-electron chi connectivity index (χ2n) is 6.64. The molecule has 3 rings (SSSR count). The monoisotopic (exact) mass is 435 g/mol. The molecule has 164 valence electrons. The first-order valence-electron chi connectivity index (χ1n) is 9.79. The number of benzene rings is 2. The highest BCUT2D eigenvalue weighted by atomic mass is 16.5. The number of amides is 1. The first-order valence-corrected chi connectivity index (χ1v) is 9.79. The Kier molecular flexibility index (Phi) is 7.12. The predicted molar refractivity (Wildman–Crippen MR) is 116 cm³/mol. The minimum Gasteiger partial charge on any atom is -0.481 e. The fourth-order valence-corrected chi connectivity index (χ4v) is 2.80. The second-order valence-corrected chi connectivity index (χ2v) is 6.64. The average Bonchev–Trinajstić information content (AvgIpc) is 2.78. The molecule has 0 unspecified atom stereocenters. The molecule has 1 aromatic heterocycles. The van der Waals surface area contributed by atoms with Crippen molar-refractivity contribution in [1.29, 1.82) is 0 Å². The van der Waals surface area contributed by atoms with Crippen LogP contribution < -0.4 is 15.6 Å². The van der Waals surface area contributed by atoms with Crippen molar-refractivity contribution in [2.45, 2.75) is 13.8 Å². The molecule has 0 fully saturated rings. The third-order valence-electron chi connectivity index (χ3n) is 4.28. The van der Waals surface area contributed by atoms with Gasteiger partial charge in [-0.2, -0.15) is 9.78 Å². The summed E-state index contributed by atoms with van der Waals surface area (Å²) in [6.45, 7) is 2.66. The molecule has 9 nitrogen and oxygen atoms in total. The number of ketones is 1. The van der Waals surface area contributed by atoms with Crippen molar-refractivity contribution in [3.05, 3.63) is 82.3 Å². The summed E-state index contributed by atoms with van der Waals surface area (Å²) in [5.41, 5.74) is 0.532. The molecule has 32 heavy (non-hydrogen) atoms. The van der Waals surface area contributed by atoms with Gasteiger partial charge in [-0.1, -0.05) is 30.3 Å². The van der Waals surface area contributed by atoms with Gasteiger partial charge >= 0.3 is 5.97 Å². The zero-order valence-electron chi connectivity index (χ0n) is 17.5. The fraction of sp³-hybridized carbons (Fsp3) is 0.174. The molecule has 0 saturated heterocycles. The van der Waals surface area contributed by atoms with Gasteiger partial charge in [0.05, 0.1) is 18.4 Å². The standard InChI is InChI=1S/C23H21N3O6/c1-3-31-23(30)22-19(13-21(29)26(25-22)18-10-5-4-6-11-18)32-14-20(28)24-17-9-7-8-16(12-17)15(2)27/h4-13H,3,14H2,1-2H3,(H,24,28). The summed E-state index contributed by atoms with van der Waals surface area (Å²) in [7, 11) is 0. The van der Waals surface area contributed by atoms with Crippen molar-refractivity contribution in [3.8, 4) is 11.4 Å². The van der Waals surface area contributed by atoms with E-state index >= 15 is 0 Å². The molecule has 2 aromatic carbocycles. The molecule has 1 N–H and O–H groups in total. The number of para-hydroxylation sites is 1. The predicted octanol–water partition coefficient (Wildman–Crippen LogP) is 2.63. The van der Waals surface area contributed by atoms with Crippen LogP contribution in [-0.2, 0) is 9.53 Å². The van der Waals surface area contributed by atoms with Gasteiger partial charge in [-0.05, 0) is 38.1 Å². The van der Waals surface area contributed by atoms with Gasteiger partial charge in [0.1, 0.15) is 0 Å². The van der Waals surface area contributed by atoms with E-state index in [4.69, 9.17) is 9.47 Å². The van der Waals surface area contributed by atoms with Crippen LogP contribution in [0.2, 0.25) is 0 Å². The lowest BCUT2D eigenvalue weighted by Gasteiger charge is -2.13. The van der Waals surface area contributed by atoms with E-state index < -0.39 is 24.0 Å². The molecule has 0 atom stereocenters. The SMILES string of the molecule is CCOC(=O)c1nn(-c2ccccc2)c(=O)cc1OCC(=O)Nc1cccc(C(C)=O)c1. The summed E-state index contributed by atoms with van der Waals surface area (Å²) < 4.78 is 11.5. The van der Waals surface area contributed by atoms with E-state index in [0.29, 0.717) is 16.9 Å². The molecule has 9 heteroatoms. The number of hydrogen-bond donors (Lipinski definition) is 1. The number of carbonyl (C=O) groups excluding carboxylic acids is 3. The molecular weight excluding hydrogens is 414 g/mol. The quantitative estimate of drug-likeness (QED) is 0.427. The maximum absolute atomic E-state index is 12.5. The Hall–Kier alpha value is -4.27. The lowest BCUT2D eigenvalue weighted by molar-refractivity contribution is -0.118. The smallest absolute Gasteiger partial charge is 0.362 e. The molecule has 0 aliphatic heterocycles. The Balaban J connectivity index is 1.82. The van der Waals surface area contributed by atoms with Crippen molar-refractivity contribution in [2.75, 3.05) is 18.5 Å². The number of aromatic nitrogens is 2. The van der Waals surface area contributed by atoms with Gasteiger partial charge in [-0.15, -0.1) is 0 Å². The molecule has 0 aliphatic rings. The first kappa shape index (κ1) is 22.4. The molecule has 1 amide bonds. The van der Waals surface area contributed by atoms with Crippen molar-refractivity contribution in [2.24, 2.45) is 0 Å². The van der Waals surface area contributed by atoms with E-state index in [-0.39, 0.29) is 23.8 Å². The van der Waals surface area contributed by atoms with Gasteiger partial charge in [0.25, 0.3) is 11.5 Å². The van der Waals surface area contributed by atoms with Gasteiger partial charge in [-0.3, -0.25) is 14.4 Å². The number of rotatable bonds is 8. The van der Waals surface area contributed by atoms with Crippen LogP contribution in [0.4, 0.5) is 5.69 Å². The maximum Gasteiger partial charge on any atom is 0.362 e. The summed E-state index contributed by atoms with van der Waals surface area (Å²) in [4.78, 5) is 48.7. The Morgan fingerprint density at radius 3 is 2.47 bits per heavy atom. The van der Waals surface area contributed by atoms with Gasteiger partial charge in [0.15, 0.2) is 18.1 Å². The molecule has 0 bridgehead atoms. The van der Waals surface area contributed by atoms with Crippen molar-refractivity contribution in [1.82, 2.24) is 9.78 Å². The number of ether oxygens (including phenoxy) is 2. The van der Waals surface area contributed by atoms with Gasteiger partial charge in [0.2, 0.25) is 5.69 Å². The number of anilines is 1. The number of esters is 1. The van der Waals surface area contributed by atoms with Crippen LogP contribution in [-0.4, -0.2) is 40.7 Å². The summed E-state index contributed by atoms with van der Waals surface area (Å²) in [5.74, 6) is -1.65. The molecular formula is C23H21N3O6. The second kappa shape index (κ2) is 10.2. The lowest BCUT2D eigenvalue weighted by Crippen LogP contribution is -2.27. The summed E-state index contributed by atoms with van der Waals surface area (Å²) >= 11 is 0. The van der Waals surface area contributed by atoms with Crippen LogP contribution in [0.3, 0.4) is 0 Å². The number of nitrogens with one attached hydrogen (secondary N) is 1. The Morgan fingerprint density at radius 1 is 1.03 bits per heavy atom. The van der Waals surface area contributed by atoms with Crippen LogP contribution >= 0.6 is 0 Å². The van der Waals surface area contributed by atoms with E-state index in [2.05, 4.69) is 10.4 Å². The fourth-order valence-electron chi connectivity index (χ4n) is 2.80. The highest BCUT2D eigenvalue weighted by Crippen LogP contribution is 2.17. The molecule has 0 spiro atoms. The minimum absolute atomic E-state index is 0.0946. The third-order valence-corrected chi connectivity index (χ3v) is 4.28. The van der Waals surface area contributed by atoms with Crippen LogP contribution in [0.15, 0.2) is 65.5 Å². The molecule has 0 saturated carbocycles. The van der Waals surface area contributed by atoms with Crippen LogP contribution in [0.5, 0.6) is 5.75 Å². The molecule has 0 radical (unpaired) electrons. The van der Waals surface area contributed by atoms with E-state index in [9.17, 15) is 19.2 Å². The molecule has 1 heterocycles. The lowest BCUT2D eigenvalue weighted by atomic mass is 10.1. The zero-order chi connectivity index (χ0) is 23.1. The number of Topliss-reactive ketones (excluding diaryl/α,β-unsaturated/α-hetero) is 1. The van der Waals surface area contributed by atoms with E-state index in [1.807, 2.05) is 0 Å². The van der Waals surface area contributed by atoms with Gasteiger partial charge in [0, 0.05) is 11.3 Å². The third kappa shape index (κ3) is 5.45. The Bertz CT molecular complexity index is 1200. The largest absolute Gasteiger partial charge is 0.481 e. The maximum atomic E-state index is 12.5. The number of carbonyl (C=O) groups is 3. The van der Waals surface area contributed by atoms with Crippen LogP contribution in [0.25, 0.3) is 5.69 Å². The van der Waals surface area contributed by atoms with Crippen LogP contribution in [0.1, 0.15) is 34.7 Å². The summed E-state index contributed by atoms with van der Waals surface area (Å²) in [6.07, 6.45) is 0. The zero-order valence-corrected chi connectivity index (χ0v) is 17.5. The number of nitrogens with zero attached hydrogens (tertiary/aromatic N) is 2. The highest BCUT2D eigenvalue weighted by Gasteiger charge is 2.20. The van der Waals surface area contributed by atoms with Crippen molar-refractivity contribution >= 4 is 23.3 Å². The van der Waals surface area contributed by atoms with Crippen molar-refractivity contribution < 1.29 is 23.9 Å². The summed E-state index contributed by atoms with van der Waals surface area (Å²) in [6, 6.07) is 16.1. The first-order chi connectivity index (χ1) is 15.4. The Morgan fingerprint density at radius 2 is 1.78 bits per heavy atom. The van der Waals surface area contributed by atoms with E-state index in [1.54, 1.807) is 55.5 Å². The highest BCUT2D eigenvalue weighted by molar-refractivity contribution is 5.97. The topological polar surface area (TPSA) is 117 Å². The molecule has 0 aliphatic carbocycles. The van der Waals surface area contributed by atoms with E-state index in [1.165, 1.54) is 13.0 Å². The number of hydrogen-bond acceptors (Lipinski definition) is 7. The normalized spacial score (nSPS) is 10.3. The minimum atomic E-state index is -0.790. The van der Waals surface area contributed by atoms with Crippen molar-refractivity contribution in [3.63, 3.8) is 0 Å². The van der Waals surface area contributed by atoms with Crippen LogP contribution in [0, 0.1) is 0 Å². The van der Waals surface area contributed by atoms with E-state index in [0.717, 1.165) is 10.7 Å². The Labute approximate surface area is 183 Å². The summed E-state index contributed by atoms with van der Waals surface area (Å²) in [5, 5.41) is 6.69.